The standard InChI is InChI=1S/C85H94BN3/c1-78(2,3)55-32-37-60(38-33-55)87(61-39-34-56(35-40-61)79(4,5)6)62-51-71-74-72(52-62)89-76-68(84(18)44-26-27-45-85(84,89)19)49-59(82(13,14)15)50-70(76)86(74)69-43-42-64-63-41-36-57(80(7,8)9)48-67(63)83(16,17)73(64)77(69)88(71)75-65(53-28-22-20-23-29-53)46-58(81(10,11)12)47-66(75)54-30-24-21-25-31-54/h20-25,28-43,46-52H,26-27,44-45H2,1-19H3. The van der Waals surface area contributed by atoms with Gasteiger partial charge in [0.1, 0.15) is 0 Å². The average molecular weight is 1170 g/mol. The molecule has 5 aliphatic rings. The highest BCUT2D eigenvalue weighted by Gasteiger charge is 2.62. The average Bonchev–Trinajstić information content (AvgIpc) is 1.57. The molecule has 1 fully saturated rings. The molecule has 452 valence electrons. The summed E-state index contributed by atoms with van der Waals surface area (Å²) in [7, 11) is 0. The second-order valence-electron chi connectivity index (χ2n) is 33.4. The van der Waals surface area contributed by atoms with Gasteiger partial charge in [-0.1, -0.05) is 265 Å². The Labute approximate surface area is 534 Å². The molecule has 4 heteroatoms. The Morgan fingerprint density at radius 3 is 1.38 bits per heavy atom. The van der Waals surface area contributed by atoms with Gasteiger partial charge in [-0.25, -0.2) is 0 Å². The van der Waals surface area contributed by atoms with E-state index in [1.807, 2.05) is 0 Å². The van der Waals surface area contributed by atoms with Crippen molar-refractivity contribution in [1.82, 2.24) is 0 Å². The van der Waals surface area contributed by atoms with E-state index in [-0.39, 0.29) is 50.2 Å². The van der Waals surface area contributed by atoms with Gasteiger partial charge in [-0.15, -0.1) is 0 Å². The first-order valence-corrected chi connectivity index (χ1v) is 33.4. The highest BCUT2D eigenvalue weighted by molar-refractivity contribution is 7.00. The van der Waals surface area contributed by atoms with Crippen LogP contribution in [0.15, 0.2) is 176 Å². The van der Waals surface area contributed by atoms with E-state index in [4.69, 9.17) is 0 Å². The van der Waals surface area contributed by atoms with Crippen molar-refractivity contribution in [1.29, 1.82) is 0 Å². The fraction of sp³-hybridized carbons (Fsp3) is 0.365. The summed E-state index contributed by atoms with van der Waals surface area (Å²) >= 11 is 0. The maximum atomic E-state index is 2.95. The van der Waals surface area contributed by atoms with Crippen LogP contribution in [-0.2, 0) is 37.9 Å². The third kappa shape index (κ3) is 9.01. The minimum absolute atomic E-state index is 0.0100. The third-order valence-electron chi connectivity index (χ3n) is 22.1. The van der Waals surface area contributed by atoms with Crippen molar-refractivity contribution in [3.63, 3.8) is 0 Å². The quantitative estimate of drug-likeness (QED) is 0.154. The second-order valence-corrected chi connectivity index (χ2v) is 33.4. The number of hydrogen-bond acceptors (Lipinski definition) is 3. The Hall–Kier alpha value is -7.56. The Bertz CT molecular complexity index is 4200. The predicted octanol–water partition coefficient (Wildman–Crippen LogP) is 21.6. The molecule has 0 saturated heterocycles. The first-order chi connectivity index (χ1) is 41.8. The number of benzene rings is 9. The summed E-state index contributed by atoms with van der Waals surface area (Å²) in [4.78, 5) is 8.41. The lowest BCUT2D eigenvalue weighted by molar-refractivity contribution is 0.195. The van der Waals surface area contributed by atoms with Crippen LogP contribution >= 0.6 is 0 Å². The molecule has 2 unspecified atom stereocenters. The molecule has 89 heavy (non-hydrogen) atoms. The smallest absolute Gasteiger partial charge is 0.252 e. The topological polar surface area (TPSA) is 9.72 Å². The molecular weight excluding hydrogens is 1070 g/mol. The van der Waals surface area contributed by atoms with Crippen LogP contribution in [0.4, 0.5) is 45.5 Å². The molecule has 0 radical (unpaired) electrons. The van der Waals surface area contributed by atoms with Crippen LogP contribution in [-0.4, -0.2) is 12.3 Å². The Morgan fingerprint density at radius 2 is 0.854 bits per heavy atom. The summed E-state index contributed by atoms with van der Waals surface area (Å²) in [5, 5.41) is 0. The van der Waals surface area contributed by atoms with Gasteiger partial charge < -0.3 is 14.7 Å². The van der Waals surface area contributed by atoms with Crippen molar-refractivity contribution in [2.45, 2.75) is 201 Å². The molecule has 0 aromatic heterocycles. The van der Waals surface area contributed by atoms with E-state index >= 15 is 0 Å². The molecule has 0 amide bonds. The fourth-order valence-corrected chi connectivity index (χ4v) is 16.6. The number of fused-ring (bicyclic) bond motifs is 11. The van der Waals surface area contributed by atoms with E-state index in [9.17, 15) is 0 Å². The molecule has 9 aromatic carbocycles. The maximum Gasteiger partial charge on any atom is 0.252 e. The molecule has 0 spiro atoms. The minimum Gasteiger partial charge on any atom is -0.335 e. The number of anilines is 8. The van der Waals surface area contributed by atoms with Crippen molar-refractivity contribution < 1.29 is 0 Å². The van der Waals surface area contributed by atoms with Crippen LogP contribution in [0.3, 0.4) is 0 Å². The van der Waals surface area contributed by atoms with Gasteiger partial charge in [0.05, 0.1) is 16.9 Å². The fourth-order valence-electron chi connectivity index (χ4n) is 16.6. The van der Waals surface area contributed by atoms with Crippen molar-refractivity contribution in [3.8, 4) is 33.4 Å². The highest BCUT2D eigenvalue weighted by Crippen LogP contribution is 2.65. The molecule has 1 saturated carbocycles. The molecule has 3 aliphatic heterocycles. The van der Waals surface area contributed by atoms with Crippen LogP contribution in [0.25, 0.3) is 33.4 Å². The summed E-state index contributed by atoms with van der Waals surface area (Å²) in [5.41, 5.74) is 31.9. The molecule has 2 atom stereocenters. The van der Waals surface area contributed by atoms with Crippen molar-refractivity contribution in [2.75, 3.05) is 14.7 Å². The SMILES string of the molecule is CC(C)(C)c1ccc(N(c2ccc(C(C)(C)C)cc2)c2cc3c4c(c2)N2c5c(cc(C(C)(C)C)cc5C5(C)CCCCC25C)B4c2ccc4c(c2N3c2c(-c3ccccc3)cc(C(C)(C)C)cc2-c2ccccc2)C(C)(C)c2cc(C(C)(C)C)ccc2-4)cc1. The molecule has 9 aromatic rings. The Morgan fingerprint density at radius 1 is 0.382 bits per heavy atom. The molecular formula is C85H94BN3. The summed E-state index contributed by atoms with van der Waals surface area (Å²) in [5.74, 6) is 0. The van der Waals surface area contributed by atoms with Gasteiger partial charge >= 0.3 is 0 Å². The molecule has 14 rings (SSSR count). The number of rotatable bonds is 6. The Balaban J connectivity index is 1.20. The van der Waals surface area contributed by atoms with Crippen molar-refractivity contribution in [3.05, 3.63) is 220 Å². The van der Waals surface area contributed by atoms with E-state index in [0.29, 0.717) is 0 Å². The monoisotopic (exact) mass is 1170 g/mol. The zero-order valence-corrected chi connectivity index (χ0v) is 57.0. The minimum atomic E-state index is -0.389. The van der Waals surface area contributed by atoms with Crippen molar-refractivity contribution in [2.24, 2.45) is 0 Å². The van der Waals surface area contributed by atoms with E-state index < -0.39 is 0 Å². The van der Waals surface area contributed by atoms with Gasteiger partial charge in [0.2, 0.25) is 0 Å². The summed E-state index contributed by atoms with van der Waals surface area (Å²) < 4.78 is 0. The van der Waals surface area contributed by atoms with Crippen LogP contribution in [0.1, 0.15) is 202 Å². The van der Waals surface area contributed by atoms with E-state index in [1.165, 1.54) is 136 Å². The normalized spacial score (nSPS) is 18.9. The van der Waals surface area contributed by atoms with Gasteiger partial charge in [0.25, 0.3) is 6.71 Å². The molecule has 3 heterocycles. The van der Waals surface area contributed by atoms with Gasteiger partial charge in [-0.3, -0.25) is 0 Å². The first kappa shape index (κ1) is 59.1. The molecule has 0 bridgehead atoms. The van der Waals surface area contributed by atoms with Crippen LogP contribution < -0.4 is 31.1 Å². The molecule has 0 N–H and O–H groups in total. The number of hydrogen-bond donors (Lipinski definition) is 0. The van der Waals surface area contributed by atoms with Crippen LogP contribution in [0.5, 0.6) is 0 Å². The second kappa shape index (κ2) is 19.7. The largest absolute Gasteiger partial charge is 0.335 e. The summed E-state index contributed by atoms with van der Waals surface area (Å²) in [6.45, 7) is 45.8. The summed E-state index contributed by atoms with van der Waals surface area (Å²) in [6.07, 6.45) is 4.69. The van der Waals surface area contributed by atoms with Gasteiger partial charge in [-0.2, -0.15) is 0 Å². The third-order valence-corrected chi connectivity index (χ3v) is 22.1. The molecule has 3 nitrogen and oxygen atoms in total. The lowest BCUT2D eigenvalue weighted by Gasteiger charge is -2.53. The summed E-state index contributed by atoms with van der Waals surface area (Å²) in [6, 6.07) is 70.2. The van der Waals surface area contributed by atoms with Gasteiger partial charge in [0, 0.05) is 56.1 Å². The Kier molecular flexibility index (Phi) is 13.1. The van der Waals surface area contributed by atoms with E-state index in [2.05, 4.69) is 322 Å². The lowest BCUT2D eigenvalue weighted by Crippen LogP contribution is -2.65. The van der Waals surface area contributed by atoms with Crippen molar-refractivity contribution >= 4 is 68.6 Å². The van der Waals surface area contributed by atoms with Crippen LogP contribution in [0.2, 0.25) is 0 Å². The van der Waals surface area contributed by atoms with Crippen LogP contribution in [0, 0.1) is 0 Å². The first-order valence-electron chi connectivity index (χ1n) is 33.4. The van der Waals surface area contributed by atoms with E-state index in [0.717, 1.165) is 29.9 Å². The zero-order valence-electron chi connectivity index (χ0n) is 57.0. The number of nitrogens with zero attached hydrogens (tertiary/aromatic N) is 3. The zero-order chi connectivity index (χ0) is 63.1. The maximum absolute atomic E-state index is 2.95. The van der Waals surface area contributed by atoms with Gasteiger partial charge in [0.15, 0.2) is 0 Å². The highest BCUT2D eigenvalue weighted by atomic mass is 15.3. The lowest BCUT2D eigenvalue weighted by atomic mass is 9.33. The van der Waals surface area contributed by atoms with E-state index in [1.54, 1.807) is 0 Å². The predicted molar refractivity (Wildman–Crippen MR) is 385 cm³/mol. The molecule has 2 aliphatic carbocycles. The van der Waals surface area contributed by atoms with Gasteiger partial charge in [-0.05, 0) is 179 Å².